The van der Waals surface area contributed by atoms with Crippen molar-refractivity contribution in [3.63, 3.8) is 0 Å². The monoisotopic (exact) mass is 505 g/mol. The number of fused-ring (bicyclic) bond motifs is 1. The quantitative estimate of drug-likeness (QED) is 0.346. The Morgan fingerprint density at radius 1 is 1.09 bits per heavy atom. The zero-order valence-corrected chi connectivity index (χ0v) is 20.7. The second-order valence-corrected chi connectivity index (χ2v) is 9.53. The van der Waals surface area contributed by atoms with Crippen LogP contribution in [0.5, 0.6) is 0 Å². The zero-order valence-electron chi connectivity index (χ0n) is 19.9. The number of anilines is 1. The topological polar surface area (TPSA) is 52.7 Å². The summed E-state index contributed by atoms with van der Waals surface area (Å²) in [4.78, 5) is 30.7. The van der Waals surface area contributed by atoms with Gasteiger partial charge < -0.3 is 10.2 Å². The number of para-hydroxylation sites is 1. The van der Waals surface area contributed by atoms with Crippen molar-refractivity contribution in [1.82, 2.24) is 10.2 Å². The highest BCUT2D eigenvalue weighted by Crippen LogP contribution is 2.42. The van der Waals surface area contributed by atoms with Gasteiger partial charge in [-0.15, -0.1) is 0 Å². The molecule has 188 valence electrons. The Balaban J connectivity index is 1.68. The number of alkyl halides is 3. The molecule has 0 fully saturated rings. The normalized spacial score (nSPS) is 15.0. The van der Waals surface area contributed by atoms with Gasteiger partial charge in [-0.25, -0.2) is 0 Å². The third-order valence-corrected chi connectivity index (χ3v) is 6.68. The van der Waals surface area contributed by atoms with Gasteiger partial charge in [0.05, 0.1) is 16.2 Å². The average molecular weight is 506 g/mol. The molecule has 3 rings (SSSR count). The Bertz CT molecular complexity index is 1050. The summed E-state index contributed by atoms with van der Waals surface area (Å²) in [5.41, 5.74) is 0.369. The number of carbonyl (C=O) groups excluding carboxylic acids is 2. The minimum atomic E-state index is -4.42. The Morgan fingerprint density at radius 2 is 1.77 bits per heavy atom. The summed E-state index contributed by atoms with van der Waals surface area (Å²) in [5, 5.41) is 2.89. The predicted octanol–water partition coefficient (Wildman–Crippen LogP) is 5.42. The van der Waals surface area contributed by atoms with E-state index in [1.54, 1.807) is 18.2 Å². The molecule has 2 aromatic rings. The molecule has 0 aromatic heterocycles. The zero-order chi connectivity index (χ0) is 25.4. The molecule has 0 aliphatic carbocycles. The highest BCUT2D eigenvalue weighted by atomic mass is 32.2. The molecule has 1 aliphatic rings. The maximum atomic E-state index is 13.2. The summed E-state index contributed by atoms with van der Waals surface area (Å²) in [5.74, 6) is -0.617. The number of unbranched alkanes of at least 4 members (excludes halogenated alkanes) is 1. The van der Waals surface area contributed by atoms with Crippen LogP contribution in [0.4, 0.5) is 18.9 Å². The van der Waals surface area contributed by atoms with Gasteiger partial charge >= 0.3 is 6.18 Å². The second-order valence-electron chi connectivity index (χ2n) is 8.45. The van der Waals surface area contributed by atoms with Crippen LogP contribution in [-0.2, 0) is 15.8 Å². The number of benzene rings is 2. The number of carbonyl (C=O) groups is 2. The molecule has 35 heavy (non-hydrogen) atoms. The van der Waals surface area contributed by atoms with Gasteiger partial charge in [-0.05, 0) is 68.9 Å². The van der Waals surface area contributed by atoms with E-state index in [0.29, 0.717) is 22.7 Å². The lowest BCUT2D eigenvalue weighted by Gasteiger charge is -2.30. The van der Waals surface area contributed by atoms with Crippen molar-refractivity contribution in [3.8, 4) is 0 Å². The Hall–Kier alpha value is -2.78. The number of hydrogen-bond acceptors (Lipinski definition) is 4. The lowest BCUT2D eigenvalue weighted by atomic mass is 10.1. The van der Waals surface area contributed by atoms with E-state index >= 15 is 0 Å². The first-order chi connectivity index (χ1) is 16.7. The van der Waals surface area contributed by atoms with Crippen LogP contribution in [0, 0.1) is 0 Å². The lowest BCUT2D eigenvalue weighted by molar-refractivity contribution is -0.137. The van der Waals surface area contributed by atoms with Crippen LogP contribution in [0.1, 0.15) is 37.3 Å². The van der Waals surface area contributed by atoms with E-state index in [-0.39, 0.29) is 18.4 Å². The van der Waals surface area contributed by atoms with Gasteiger partial charge in [0.25, 0.3) is 5.91 Å². The number of halogens is 3. The molecule has 9 heteroatoms. The van der Waals surface area contributed by atoms with Crippen molar-refractivity contribution < 1.29 is 22.8 Å². The smallest absolute Gasteiger partial charge is 0.355 e. The van der Waals surface area contributed by atoms with Crippen LogP contribution in [0.25, 0.3) is 6.08 Å². The summed E-state index contributed by atoms with van der Waals surface area (Å²) in [6, 6.07) is 11.9. The maximum Gasteiger partial charge on any atom is 0.416 e. The molecule has 0 unspecified atom stereocenters. The third-order valence-electron chi connectivity index (χ3n) is 5.60. The van der Waals surface area contributed by atoms with E-state index in [4.69, 9.17) is 0 Å². The molecule has 2 amide bonds. The number of amides is 2. The molecular formula is C26H30F3N3O2S. The Morgan fingerprint density at radius 3 is 2.46 bits per heavy atom. The van der Waals surface area contributed by atoms with Crippen molar-refractivity contribution in [3.05, 3.63) is 64.6 Å². The van der Waals surface area contributed by atoms with Crippen LogP contribution in [0.2, 0.25) is 0 Å². The van der Waals surface area contributed by atoms with Gasteiger partial charge in [-0.1, -0.05) is 49.4 Å². The highest BCUT2D eigenvalue weighted by molar-refractivity contribution is 8.04. The number of hydrogen-bond donors (Lipinski definition) is 1. The molecule has 1 N–H and O–H groups in total. The minimum absolute atomic E-state index is 0.133. The predicted molar refractivity (Wildman–Crippen MR) is 134 cm³/mol. The van der Waals surface area contributed by atoms with Gasteiger partial charge in [0.1, 0.15) is 6.54 Å². The molecule has 0 bridgehead atoms. The fourth-order valence-electron chi connectivity index (χ4n) is 3.65. The average Bonchev–Trinajstić information content (AvgIpc) is 2.83. The fraction of sp³-hybridized carbons (Fsp3) is 0.385. The summed E-state index contributed by atoms with van der Waals surface area (Å²) in [7, 11) is 2.06. The van der Waals surface area contributed by atoms with Crippen LogP contribution in [0.3, 0.4) is 0 Å². The summed E-state index contributed by atoms with van der Waals surface area (Å²) < 4.78 is 38.6. The van der Waals surface area contributed by atoms with Crippen LogP contribution in [-0.4, -0.2) is 49.9 Å². The molecule has 0 radical (unpaired) electrons. The lowest BCUT2D eigenvalue weighted by Crippen LogP contribution is -2.43. The summed E-state index contributed by atoms with van der Waals surface area (Å²) in [6.07, 6.45) is 0.223. The first-order valence-electron chi connectivity index (χ1n) is 11.6. The Labute approximate surface area is 208 Å². The van der Waals surface area contributed by atoms with Gasteiger partial charge in [0.2, 0.25) is 5.91 Å². The minimum Gasteiger partial charge on any atom is -0.355 e. The number of nitrogens with zero attached hydrogens (tertiary/aromatic N) is 2. The molecule has 2 aromatic carbocycles. The van der Waals surface area contributed by atoms with Gasteiger partial charge in [0, 0.05) is 11.4 Å². The van der Waals surface area contributed by atoms with Gasteiger partial charge in [0.15, 0.2) is 0 Å². The van der Waals surface area contributed by atoms with Crippen LogP contribution >= 0.6 is 11.8 Å². The Kier molecular flexibility index (Phi) is 9.40. The SMILES string of the molecule is CCCCN(C)CCCNC(=O)CN1C(=O)/C(=C/c2ccc(C(F)(F)F)cc2)Sc2ccccc21. The number of rotatable bonds is 10. The molecule has 0 atom stereocenters. The van der Waals surface area contributed by atoms with Crippen LogP contribution in [0.15, 0.2) is 58.3 Å². The standard InChI is InChI=1S/C26H30F3N3O2S/c1-3-4-15-31(2)16-7-14-30-24(33)18-32-21-8-5-6-9-22(21)35-23(25(32)34)17-19-10-12-20(13-11-19)26(27,28)29/h5-6,8-13,17H,3-4,7,14-16,18H2,1-2H3,(H,30,33)/b23-17-. The molecule has 5 nitrogen and oxygen atoms in total. The van der Waals surface area contributed by atoms with Crippen molar-refractivity contribution >= 4 is 35.3 Å². The van der Waals surface area contributed by atoms with E-state index in [2.05, 4.69) is 24.2 Å². The first kappa shape index (κ1) is 26.8. The first-order valence-corrected chi connectivity index (χ1v) is 12.4. The van der Waals surface area contributed by atoms with E-state index < -0.39 is 11.7 Å². The maximum absolute atomic E-state index is 13.2. The van der Waals surface area contributed by atoms with E-state index in [0.717, 1.165) is 49.4 Å². The van der Waals surface area contributed by atoms with Gasteiger partial charge in [-0.3, -0.25) is 14.5 Å². The van der Waals surface area contributed by atoms with E-state index in [1.807, 2.05) is 12.1 Å². The van der Waals surface area contributed by atoms with Crippen molar-refractivity contribution in [2.24, 2.45) is 0 Å². The van der Waals surface area contributed by atoms with Crippen molar-refractivity contribution in [2.45, 2.75) is 37.3 Å². The highest BCUT2D eigenvalue weighted by Gasteiger charge is 2.31. The summed E-state index contributed by atoms with van der Waals surface area (Å²) in [6.45, 7) is 4.43. The van der Waals surface area contributed by atoms with Crippen LogP contribution < -0.4 is 10.2 Å². The molecule has 0 saturated heterocycles. The largest absolute Gasteiger partial charge is 0.416 e. The van der Waals surface area contributed by atoms with Crippen molar-refractivity contribution in [1.29, 1.82) is 0 Å². The number of nitrogens with one attached hydrogen (secondary N) is 1. The molecule has 1 heterocycles. The van der Waals surface area contributed by atoms with E-state index in [1.165, 1.54) is 28.8 Å². The van der Waals surface area contributed by atoms with Crippen molar-refractivity contribution in [2.75, 3.05) is 38.1 Å². The molecule has 1 aliphatic heterocycles. The van der Waals surface area contributed by atoms with Gasteiger partial charge in [-0.2, -0.15) is 13.2 Å². The molecule has 0 saturated carbocycles. The third kappa shape index (κ3) is 7.60. The molecular weight excluding hydrogens is 475 g/mol. The molecule has 0 spiro atoms. The second kappa shape index (κ2) is 12.3. The van der Waals surface area contributed by atoms with E-state index in [9.17, 15) is 22.8 Å². The fourth-order valence-corrected chi connectivity index (χ4v) is 4.71. The summed E-state index contributed by atoms with van der Waals surface area (Å²) >= 11 is 1.24. The number of thioether (sulfide) groups is 1.